The molecule has 0 atom stereocenters. The number of nitrogens with one attached hydrogen (secondary N) is 1. The standard InChI is InChI=1S/C23H21ClN4O2/c1-27-12-13-28(22(29)15-27)18-8-5-16(6-9-18)23(30)26-17-7-10-20(24)19(14-17)21-4-2-3-11-25-21/h2-11,14H,12-13,15H2,1H3,(H,26,30). The first kappa shape index (κ1) is 20.1. The van der Waals surface area contributed by atoms with Crippen molar-refractivity contribution < 1.29 is 9.59 Å². The van der Waals surface area contributed by atoms with Crippen molar-refractivity contribution in [1.29, 1.82) is 0 Å². The second-order valence-corrected chi connectivity index (χ2v) is 7.60. The lowest BCUT2D eigenvalue weighted by molar-refractivity contribution is -0.120. The molecular weight excluding hydrogens is 400 g/mol. The second-order valence-electron chi connectivity index (χ2n) is 7.19. The molecule has 4 rings (SSSR count). The molecule has 1 aromatic heterocycles. The van der Waals surface area contributed by atoms with Crippen molar-refractivity contribution in [3.05, 3.63) is 77.4 Å². The molecule has 7 heteroatoms. The molecule has 0 radical (unpaired) electrons. The number of anilines is 2. The highest BCUT2D eigenvalue weighted by molar-refractivity contribution is 6.33. The topological polar surface area (TPSA) is 65.5 Å². The van der Waals surface area contributed by atoms with Gasteiger partial charge in [-0.25, -0.2) is 0 Å². The Morgan fingerprint density at radius 2 is 1.87 bits per heavy atom. The smallest absolute Gasteiger partial charge is 0.255 e. The van der Waals surface area contributed by atoms with Crippen molar-refractivity contribution in [3.8, 4) is 11.3 Å². The highest BCUT2D eigenvalue weighted by Crippen LogP contribution is 2.29. The number of hydrogen-bond donors (Lipinski definition) is 1. The number of halogens is 1. The van der Waals surface area contributed by atoms with Gasteiger partial charge in [-0.1, -0.05) is 17.7 Å². The average Bonchev–Trinajstić information content (AvgIpc) is 2.76. The molecule has 0 unspecified atom stereocenters. The van der Waals surface area contributed by atoms with Crippen LogP contribution in [0.3, 0.4) is 0 Å². The molecule has 30 heavy (non-hydrogen) atoms. The van der Waals surface area contributed by atoms with Gasteiger partial charge in [0.1, 0.15) is 0 Å². The van der Waals surface area contributed by atoms with Crippen molar-refractivity contribution in [2.45, 2.75) is 0 Å². The minimum atomic E-state index is -0.236. The summed E-state index contributed by atoms with van der Waals surface area (Å²) in [5.41, 5.74) is 3.42. The monoisotopic (exact) mass is 420 g/mol. The molecule has 2 amide bonds. The Labute approximate surface area is 180 Å². The Balaban J connectivity index is 1.49. The maximum atomic E-state index is 12.7. The van der Waals surface area contributed by atoms with Crippen molar-refractivity contribution in [3.63, 3.8) is 0 Å². The Kier molecular flexibility index (Phi) is 5.79. The first-order chi connectivity index (χ1) is 14.5. The number of piperazine rings is 1. The summed E-state index contributed by atoms with van der Waals surface area (Å²) in [6, 6.07) is 18.0. The van der Waals surface area contributed by atoms with Crippen LogP contribution < -0.4 is 10.2 Å². The SMILES string of the molecule is CN1CCN(c2ccc(C(=O)Nc3ccc(Cl)c(-c4ccccn4)c3)cc2)C(=O)C1. The summed E-state index contributed by atoms with van der Waals surface area (Å²) in [4.78, 5) is 33.0. The van der Waals surface area contributed by atoms with Gasteiger partial charge < -0.3 is 10.2 Å². The molecule has 0 aliphatic carbocycles. The second kappa shape index (κ2) is 8.65. The minimum Gasteiger partial charge on any atom is -0.322 e. The summed E-state index contributed by atoms with van der Waals surface area (Å²) in [6.45, 7) is 1.86. The first-order valence-corrected chi connectivity index (χ1v) is 10.0. The highest BCUT2D eigenvalue weighted by atomic mass is 35.5. The van der Waals surface area contributed by atoms with Gasteiger partial charge in [-0.15, -0.1) is 0 Å². The zero-order valence-electron chi connectivity index (χ0n) is 16.5. The van der Waals surface area contributed by atoms with Gasteiger partial charge in [0.25, 0.3) is 5.91 Å². The Morgan fingerprint density at radius 1 is 1.07 bits per heavy atom. The fourth-order valence-corrected chi connectivity index (χ4v) is 3.60. The van der Waals surface area contributed by atoms with Crippen LogP contribution >= 0.6 is 11.6 Å². The number of carbonyl (C=O) groups is 2. The van der Waals surface area contributed by atoms with E-state index >= 15 is 0 Å². The summed E-state index contributed by atoms with van der Waals surface area (Å²) in [7, 11) is 1.93. The normalized spacial score (nSPS) is 14.6. The number of likely N-dealkylation sites (N-methyl/N-ethyl adjacent to an activating group) is 1. The van der Waals surface area contributed by atoms with Crippen molar-refractivity contribution in [2.24, 2.45) is 0 Å². The zero-order chi connectivity index (χ0) is 21.1. The molecule has 2 aromatic carbocycles. The first-order valence-electron chi connectivity index (χ1n) is 9.62. The van der Waals surface area contributed by atoms with Crippen LogP contribution in [-0.4, -0.2) is 48.4 Å². The number of amides is 2. The lowest BCUT2D eigenvalue weighted by Gasteiger charge is -2.32. The van der Waals surface area contributed by atoms with Crippen LogP contribution in [0.2, 0.25) is 5.02 Å². The largest absolute Gasteiger partial charge is 0.322 e. The summed E-state index contributed by atoms with van der Waals surface area (Å²) in [5, 5.41) is 3.46. The molecule has 0 spiro atoms. The number of rotatable bonds is 4. The zero-order valence-corrected chi connectivity index (χ0v) is 17.3. The third-order valence-corrected chi connectivity index (χ3v) is 5.35. The average molecular weight is 421 g/mol. The van der Waals surface area contributed by atoms with E-state index in [4.69, 9.17) is 11.6 Å². The van der Waals surface area contributed by atoms with E-state index in [1.165, 1.54) is 0 Å². The van der Waals surface area contributed by atoms with E-state index in [1.807, 2.05) is 30.1 Å². The predicted molar refractivity (Wildman–Crippen MR) is 119 cm³/mol. The van der Waals surface area contributed by atoms with Crippen LogP contribution in [0.25, 0.3) is 11.3 Å². The molecule has 2 heterocycles. The van der Waals surface area contributed by atoms with Gasteiger partial charge in [-0.05, 0) is 61.6 Å². The van der Waals surface area contributed by atoms with Gasteiger partial charge in [0, 0.05) is 41.8 Å². The number of aromatic nitrogens is 1. The molecule has 1 aliphatic rings. The molecule has 1 saturated heterocycles. The summed E-state index contributed by atoms with van der Waals surface area (Å²) < 4.78 is 0. The molecular formula is C23H21ClN4O2. The van der Waals surface area contributed by atoms with Crippen LogP contribution in [0, 0.1) is 0 Å². The van der Waals surface area contributed by atoms with Crippen LogP contribution in [0.1, 0.15) is 10.4 Å². The third-order valence-electron chi connectivity index (χ3n) is 5.02. The summed E-state index contributed by atoms with van der Waals surface area (Å²) in [5.74, 6) is -0.176. The van der Waals surface area contributed by atoms with E-state index in [-0.39, 0.29) is 11.8 Å². The van der Waals surface area contributed by atoms with Gasteiger partial charge in [-0.2, -0.15) is 0 Å². The van der Waals surface area contributed by atoms with Gasteiger partial charge in [0.15, 0.2) is 0 Å². The lowest BCUT2D eigenvalue weighted by Crippen LogP contribution is -2.48. The summed E-state index contributed by atoms with van der Waals surface area (Å²) >= 11 is 6.31. The fourth-order valence-electron chi connectivity index (χ4n) is 3.38. The van der Waals surface area contributed by atoms with E-state index in [0.29, 0.717) is 29.4 Å². The molecule has 1 aliphatic heterocycles. The van der Waals surface area contributed by atoms with Crippen LogP contribution in [-0.2, 0) is 4.79 Å². The molecule has 3 aromatic rings. The molecule has 0 saturated carbocycles. The van der Waals surface area contributed by atoms with Crippen molar-refractivity contribution in [2.75, 3.05) is 36.9 Å². The minimum absolute atomic E-state index is 0.0594. The number of pyridine rings is 1. The van der Waals surface area contributed by atoms with Crippen LogP contribution in [0.5, 0.6) is 0 Å². The number of nitrogens with zero attached hydrogens (tertiary/aromatic N) is 3. The predicted octanol–water partition coefficient (Wildman–Crippen LogP) is 3.93. The lowest BCUT2D eigenvalue weighted by atomic mass is 10.1. The van der Waals surface area contributed by atoms with E-state index in [0.717, 1.165) is 23.5 Å². The van der Waals surface area contributed by atoms with Crippen molar-refractivity contribution >= 4 is 34.8 Å². The van der Waals surface area contributed by atoms with E-state index in [2.05, 4.69) is 10.3 Å². The fraction of sp³-hybridized carbons (Fsp3) is 0.174. The van der Waals surface area contributed by atoms with E-state index in [1.54, 1.807) is 53.6 Å². The number of hydrogen-bond acceptors (Lipinski definition) is 4. The Morgan fingerprint density at radius 3 is 2.57 bits per heavy atom. The quantitative estimate of drug-likeness (QED) is 0.694. The third kappa shape index (κ3) is 4.35. The van der Waals surface area contributed by atoms with E-state index in [9.17, 15) is 9.59 Å². The Bertz CT molecular complexity index is 1070. The highest BCUT2D eigenvalue weighted by Gasteiger charge is 2.22. The van der Waals surface area contributed by atoms with E-state index < -0.39 is 0 Å². The molecule has 1 fully saturated rings. The van der Waals surface area contributed by atoms with Gasteiger partial charge in [0.05, 0.1) is 17.3 Å². The molecule has 6 nitrogen and oxygen atoms in total. The number of benzene rings is 2. The number of carbonyl (C=O) groups excluding carboxylic acids is 2. The van der Waals surface area contributed by atoms with Crippen LogP contribution in [0.4, 0.5) is 11.4 Å². The Hall–Kier alpha value is -3.22. The van der Waals surface area contributed by atoms with Gasteiger partial charge in [-0.3, -0.25) is 19.5 Å². The van der Waals surface area contributed by atoms with Crippen LogP contribution in [0.15, 0.2) is 66.9 Å². The van der Waals surface area contributed by atoms with Crippen molar-refractivity contribution in [1.82, 2.24) is 9.88 Å². The maximum Gasteiger partial charge on any atom is 0.255 e. The van der Waals surface area contributed by atoms with Gasteiger partial charge >= 0.3 is 0 Å². The van der Waals surface area contributed by atoms with Gasteiger partial charge in [0.2, 0.25) is 5.91 Å². The summed E-state index contributed by atoms with van der Waals surface area (Å²) in [6.07, 6.45) is 1.70. The maximum absolute atomic E-state index is 12.7. The molecule has 0 bridgehead atoms. The molecule has 1 N–H and O–H groups in total. The molecule has 152 valence electrons.